The van der Waals surface area contributed by atoms with Gasteiger partial charge in [-0.15, -0.1) is 0 Å². The van der Waals surface area contributed by atoms with Crippen LogP contribution in [0.3, 0.4) is 0 Å². The predicted octanol–water partition coefficient (Wildman–Crippen LogP) is 2.38. The number of nitrogens with one attached hydrogen (secondary N) is 1. The number of methoxy groups -OCH3 is 2. The number of nitrogens with zero attached hydrogens (tertiary/aromatic N) is 3. The number of hydrogen-bond acceptors (Lipinski definition) is 7. The first-order valence-corrected chi connectivity index (χ1v) is 11.1. The Balaban J connectivity index is 1.70. The summed E-state index contributed by atoms with van der Waals surface area (Å²) in [5, 5.41) is 9.80. The first kappa shape index (κ1) is 24.1. The van der Waals surface area contributed by atoms with Crippen LogP contribution in [0.15, 0.2) is 46.0 Å². The molecule has 10 nitrogen and oxygen atoms in total. The highest BCUT2D eigenvalue weighted by atomic mass is 16.5. The van der Waals surface area contributed by atoms with Crippen LogP contribution in [0.4, 0.5) is 0 Å². The quantitative estimate of drug-likeness (QED) is 0.397. The third kappa shape index (κ3) is 4.65. The molecule has 1 atom stereocenters. The first-order valence-electron chi connectivity index (χ1n) is 11.1. The van der Waals surface area contributed by atoms with Gasteiger partial charge in [0.1, 0.15) is 18.2 Å². The zero-order valence-electron chi connectivity index (χ0n) is 20.3. The highest BCUT2D eigenvalue weighted by Crippen LogP contribution is 2.33. The number of hydrogen-bond donors (Lipinski definition) is 2. The van der Waals surface area contributed by atoms with E-state index >= 15 is 0 Å². The van der Waals surface area contributed by atoms with Gasteiger partial charge in [-0.25, -0.2) is 9.78 Å². The van der Waals surface area contributed by atoms with Gasteiger partial charge in [-0.1, -0.05) is 12.1 Å². The zero-order chi connectivity index (χ0) is 25.3. The van der Waals surface area contributed by atoms with Gasteiger partial charge in [0, 0.05) is 12.6 Å². The number of benzene rings is 2. The highest BCUT2D eigenvalue weighted by Gasteiger charge is 2.19. The minimum Gasteiger partial charge on any atom is -0.496 e. The van der Waals surface area contributed by atoms with Crippen LogP contribution >= 0.6 is 0 Å². The lowest BCUT2D eigenvalue weighted by Crippen LogP contribution is -2.33. The summed E-state index contributed by atoms with van der Waals surface area (Å²) in [4.78, 5) is 31.7. The van der Waals surface area contributed by atoms with Crippen molar-refractivity contribution in [3.63, 3.8) is 0 Å². The van der Waals surface area contributed by atoms with Crippen LogP contribution < -0.4 is 25.5 Å². The molecule has 10 heteroatoms. The Labute approximate surface area is 201 Å². The molecule has 0 radical (unpaired) electrons. The predicted molar refractivity (Wildman–Crippen MR) is 131 cm³/mol. The van der Waals surface area contributed by atoms with E-state index in [2.05, 4.69) is 9.97 Å². The third-order valence-corrected chi connectivity index (χ3v) is 5.75. The van der Waals surface area contributed by atoms with Crippen LogP contribution in [-0.4, -0.2) is 44.5 Å². The van der Waals surface area contributed by atoms with Gasteiger partial charge in [0.15, 0.2) is 22.7 Å². The number of imidazole rings is 1. The van der Waals surface area contributed by atoms with Crippen molar-refractivity contribution in [2.24, 2.45) is 7.05 Å². The lowest BCUT2D eigenvalue weighted by molar-refractivity contribution is 0.173. The Hall–Kier alpha value is -4.05. The van der Waals surface area contributed by atoms with Crippen LogP contribution in [0, 0.1) is 6.92 Å². The number of aromatic nitrogens is 4. The maximum atomic E-state index is 12.5. The van der Waals surface area contributed by atoms with Crippen LogP contribution in [0.25, 0.3) is 22.6 Å². The molecule has 2 aromatic carbocycles. The van der Waals surface area contributed by atoms with Gasteiger partial charge in [0.2, 0.25) is 0 Å². The average molecular weight is 481 g/mol. The topological polar surface area (TPSA) is 121 Å². The van der Waals surface area contributed by atoms with Gasteiger partial charge in [-0.05, 0) is 49.2 Å². The molecule has 0 saturated heterocycles. The van der Waals surface area contributed by atoms with Gasteiger partial charge in [-0.3, -0.25) is 14.3 Å². The molecule has 4 aromatic rings. The molecular formula is C25H28N4O6. The Morgan fingerprint density at radius 3 is 2.49 bits per heavy atom. The molecule has 2 N–H and O–H groups in total. The summed E-state index contributed by atoms with van der Waals surface area (Å²) >= 11 is 0. The minimum absolute atomic E-state index is 0.00244. The lowest BCUT2D eigenvalue weighted by Gasteiger charge is -2.13. The van der Waals surface area contributed by atoms with E-state index in [1.807, 2.05) is 25.1 Å². The number of aryl methyl sites for hydroxylation is 2. The van der Waals surface area contributed by atoms with E-state index in [1.54, 1.807) is 51.0 Å². The summed E-state index contributed by atoms with van der Waals surface area (Å²) in [5.74, 6) is 2.28. The highest BCUT2D eigenvalue weighted by molar-refractivity contribution is 5.77. The van der Waals surface area contributed by atoms with Crippen molar-refractivity contribution >= 4 is 11.2 Å². The van der Waals surface area contributed by atoms with Gasteiger partial charge < -0.3 is 23.9 Å². The van der Waals surface area contributed by atoms with E-state index in [0.717, 1.165) is 16.9 Å². The molecule has 2 aromatic heterocycles. The second kappa shape index (κ2) is 9.67. The molecular weight excluding hydrogens is 452 g/mol. The number of aliphatic hydroxyl groups is 1. The van der Waals surface area contributed by atoms with Crippen LogP contribution in [0.1, 0.15) is 18.1 Å². The number of H-pyrrole nitrogens is 1. The lowest BCUT2D eigenvalue weighted by atomic mass is 10.1. The average Bonchev–Trinajstić information content (AvgIpc) is 3.18. The molecule has 1 unspecified atom stereocenters. The standard InChI is InChI=1S/C25H28N4O6/c1-14-6-7-16(10-19(14)33-4)13-35-18-9-8-17(11-20(18)34-5)22-26-23-21(28(22)3)24(31)27-25(32)29(23)12-15(2)30/h6-11,15,30H,12-13H2,1-5H3,(H,27,31,32). The Kier molecular flexibility index (Phi) is 6.65. The fourth-order valence-corrected chi connectivity index (χ4v) is 3.98. The maximum Gasteiger partial charge on any atom is 0.330 e. The normalized spacial score (nSPS) is 12.1. The molecule has 0 fully saturated rings. The zero-order valence-corrected chi connectivity index (χ0v) is 20.3. The van der Waals surface area contributed by atoms with Crippen molar-refractivity contribution in [1.82, 2.24) is 19.1 Å². The van der Waals surface area contributed by atoms with E-state index in [9.17, 15) is 14.7 Å². The van der Waals surface area contributed by atoms with E-state index in [-0.39, 0.29) is 17.7 Å². The first-order chi connectivity index (χ1) is 16.7. The number of aliphatic hydroxyl groups excluding tert-OH is 1. The maximum absolute atomic E-state index is 12.5. The number of aromatic amines is 1. The summed E-state index contributed by atoms with van der Waals surface area (Å²) < 4.78 is 19.8. The summed E-state index contributed by atoms with van der Waals surface area (Å²) in [6.45, 7) is 3.86. The molecule has 0 amide bonds. The fourth-order valence-electron chi connectivity index (χ4n) is 3.98. The number of fused-ring (bicyclic) bond motifs is 1. The Morgan fingerprint density at radius 1 is 1.06 bits per heavy atom. The van der Waals surface area contributed by atoms with Crippen molar-refractivity contribution in [3.05, 3.63) is 68.4 Å². The van der Waals surface area contributed by atoms with E-state index in [0.29, 0.717) is 29.5 Å². The van der Waals surface area contributed by atoms with Crippen molar-refractivity contribution in [1.29, 1.82) is 0 Å². The Morgan fingerprint density at radius 2 is 1.80 bits per heavy atom. The molecule has 0 aliphatic carbocycles. The van der Waals surface area contributed by atoms with Crippen LogP contribution in [-0.2, 0) is 20.2 Å². The van der Waals surface area contributed by atoms with Crippen LogP contribution in [0.5, 0.6) is 17.2 Å². The van der Waals surface area contributed by atoms with E-state index in [1.165, 1.54) is 4.57 Å². The number of ether oxygens (including phenoxy) is 3. The van der Waals surface area contributed by atoms with Crippen molar-refractivity contribution < 1.29 is 19.3 Å². The second-order valence-corrected chi connectivity index (χ2v) is 8.34. The van der Waals surface area contributed by atoms with E-state index in [4.69, 9.17) is 14.2 Å². The molecule has 0 aliphatic rings. The summed E-state index contributed by atoms with van der Waals surface area (Å²) in [6, 6.07) is 11.2. The Bertz CT molecular complexity index is 1500. The van der Waals surface area contributed by atoms with Crippen molar-refractivity contribution in [2.75, 3.05) is 14.2 Å². The largest absolute Gasteiger partial charge is 0.496 e. The monoisotopic (exact) mass is 480 g/mol. The summed E-state index contributed by atoms with van der Waals surface area (Å²) in [6.07, 6.45) is -0.794. The molecule has 184 valence electrons. The summed E-state index contributed by atoms with van der Waals surface area (Å²) in [5.41, 5.74) is 1.91. The summed E-state index contributed by atoms with van der Waals surface area (Å²) in [7, 11) is 4.87. The van der Waals surface area contributed by atoms with Gasteiger partial charge >= 0.3 is 5.69 Å². The van der Waals surface area contributed by atoms with E-state index < -0.39 is 17.4 Å². The van der Waals surface area contributed by atoms with Crippen molar-refractivity contribution in [3.8, 4) is 28.6 Å². The SMILES string of the molecule is COc1cc(COc2ccc(-c3nc4c(c(=O)[nH]c(=O)n4CC(C)O)n3C)cc2OC)ccc1C. The molecule has 35 heavy (non-hydrogen) atoms. The fraction of sp³-hybridized carbons (Fsp3) is 0.320. The molecule has 0 aliphatic heterocycles. The minimum atomic E-state index is -0.794. The molecule has 0 spiro atoms. The molecule has 4 rings (SSSR count). The third-order valence-electron chi connectivity index (χ3n) is 5.75. The van der Waals surface area contributed by atoms with Crippen LogP contribution in [0.2, 0.25) is 0 Å². The molecule has 2 heterocycles. The smallest absolute Gasteiger partial charge is 0.330 e. The van der Waals surface area contributed by atoms with Gasteiger partial charge in [-0.2, -0.15) is 0 Å². The van der Waals surface area contributed by atoms with Crippen molar-refractivity contribution in [2.45, 2.75) is 33.1 Å². The van der Waals surface area contributed by atoms with Gasteiger partial charge in [0.05, 0.1) is 26.9 Å². The molecule has 0 bridgehead atoms. The second-order valence-electron chi connectivity index (χ2n) is 8.34. The number of rotatable bonds is 8. The molecule has 0 saturated carbocycles. The van der Waals surface area contributed by atoms with Gasteiger partial charge in [0.25, 0.3) is 5.56 Å².